The Balaban J connectivity index is 1.50. The first kappa shape index (κ1) is 20.1. The first-order chi connectivity index (χ1) is 13.6. The number of carboxylic acid groups (broad SMARTS) is 1. The summed E-state index contributed by atoms with van der Waals surface area (Å²) in [6.07, 6.45) is 2.75. The number of carboxylic acids is 1. The van der Waals surface area contributed by atoms with Crippen LogP contribution in [0.25, 0.3) is 0 Å². The van der Waals surface area contributed by atoms with Crippen molar-refractivity contribution in [3.05, 3.63) is 70.8 Å². The van der Waals surface area contributed by atoms with Crippen LogP contribution >= 0.6 is 0 Å². The van der Waals surface area contributed by atoms with Gasteiger partial charge in [-0.05, 0) is 42.0 Å². The molecule has 2 aromatic carbocycles. The van der Waals surface area contributed by atoms with Crippen molar-refractivity contribution < 1.29 is 14.7 Å². The topological polar surface area (TPSA) is 69.6 Å². The van der Waals surface area contributed by atoms with E-state index >= 15 is 0 Å². The zero-order valence-corrected chi connectivity index (χ0v) is 16.4. The van der Waals surface area contributed by atoms with Crippen LogP contribution in [0, 0.1) is 0 Å². The van der Waals surface area contributed by atoms with E-state index < -0.39 is 5.97 Å². The predicted octanol–water partition coefficient (Wildman–Crippen LogP) is 3.27. The van der Waals surface area contributed by atoms with Crippen LogP contribution in [0.3, 0.4) is 0 Å². The highest BCUT2D eigenvalue weighted by molar-refractivity contribution is 5.89. The van der Waals surface area contributed by atoms with Gasteiger partial charge in [-0.15, -0.1) is 0 Å². The number of benzene rings is 2. The van der Waals surface area contributed by atoms with Crippen LogP contribution in [0.1, 0.15) is 46.8 Å². The monoisotopic (exact) mass is 380 g/mol. The van der Waals surface area contributed by atoms with E-state index in [4.69, 9.17) is 0 Å². The third kappa shape index (κ3) is 4.98. The Morgan fingerprint density at radius 3 is 2.57 bits per heavy atom. The van der Waals surface area contributed by atoms with Gasteiger partial charge in [-0.2, -0.15) is 0 Å². The summed E-state index contributed by atoms with van der Waals surface area (Å²) in [5, 5.41) is 12.3. The Labute approximate surface area is 166 Å². The van der Waals surface area contributed by atoms with Gasteiger partial charge >= 0.3 is 5.97 Å². The van der Waals surface area contributed by atoms with Gasteiger partial charge in [0.1, 0.15) is 0 Å². The molecule has 0 fully saturated rings. The number of hydrogen-bond acceptors (Lipinski definition) is 3. The summed E-state index contributed by atoms with van der Waals surface area (Å²) < 4.78 is 0. The van der Waals surface area contributed by atoms with Crippen LogP contribution in [0.2, 0.25) is 0 Å². The number of carbonyl (C=O) groups is 2. The molecule has 1 aliphatic heterocycles. The summed E-state index contributed by atoms with van der Waals surface area (Å²) in [5.74, 6) is -0.983. The lowest BCUT2D eigenvalue weighted by molar-refractivity contribution is -0.121. The van der Waals surface area contributed by atoms with E-state index in [0.717, 1.165) is 25.9 Å². The van der Waals surface area contributed by atoms with E-state index in [0.29, 0.717) is 31.0 Å². The third-order valence-electron chi connectivity index (χ3n) is 5.55. The molecule has 2 aromatic rings. The standard InChI is InChI=1S/C23H28N2O3/c1-2-20(25-14-13-17-7-3-4-9-19(17)16-25)15-24-22(26)12-11-18-8-5-6-10-21(18)23(27)28/h3-10,20H,2,11-16H2,1H3,(H,24,26)(H,27,28). The van der Waals surface area contributed by atoms with Gasteiger partial charge in [0.25, 0.3) is 0 Å². The normalized spacial score (nSPS) is 14.9. The Morgan fingerprint density at radius 1 is 1.11 bits per heavy atom. The number of rotatable bonds is 8. The van der Waals surface area contributed by atoms with Crippen LogP contribution in [0.15, 0.2) is 48.5 Å². The number of nitrogens with one attached hydrogen (secondary N) is 1. The zero-order valence-electron chi connectivity index (χ0n) is 16.4. The molecule has 3 rings (SSSR count). The van der Waals surface area contributed by atoms with E-state index in [2.05, 4.69) is 41.4 Å². The van der Waals surface area contributed by atoms with Crippen molar-refractivity contribution in [1.29, 1.82) is 0 Å². The predicted molar refractivity (Wildman–Crippen MR) is 109 cm³/mol. The number of hydrogen-bond donors (Lipinski definition) is 2. The van der Waals surface area contributed by atoms with Gasteiger partial charge < -0.3 is 10.4 Å². The molecule has 0 radical (unpaired) electrons. The number of aromatic carboxylic acids is 1. The average molecular weight is 380 g/mol. The minimum Gasteiger partial charge on any atom is -0.478 e. The highest BCUT2D eigenvalue weighted by Gasteiger charge is 2.22. The molecule has 0 aromatic heterocycles. The van der Waals surface area contributed by atoms with Crippen molar-refractivity contribution in [2.45, 2.75) is 45.2 Å². The van der Waals surface area contributed by atoms with Crippen molar-refractivity contribution in [3.63, 3.8) is 0 Å². The summed E-state index contributed by atoms with van der Waals surface area (Å²) >= 11 is 0. The third-order valence-corrected chi connectivity index (χ3v) is 5.55. The highest BCUT2D eigenvalue weighted by atomic mass is 16.4. The van der Waals surface area contributed by atoms with Gasteiger partial charge in [0.2, 0.25) is 5.91 Å². The van der Waals surface area contributed by atoms with Crippen LogP contribution in [0.5, 0.6) is 0 Å². The molecule has 0 bridgehead atoms. The number of amides is 1. The minimum absolute atomic E-state index is 0.0314. The van der Waals surface area contributed by atoms with Crippen LogP contribution in [-0.4, -0.2) is 41.0 Å². The second-order valence-corrected chi connectivity index (χ2v) is 7.32. The SMILES string of the molecule is CCC(CNC(=O)CCc1ccccc1C(=O)O)N1CCc2ccccc2C1. The van der Waals surface area contributed by atoms with Crippen LogP contribution < -0.4 is 5.32 Å². The fourth-order valence-electron chi connectivity index (χ4n) is 3.88. The Hall–Kier alpha value is -2.66. The number of nitrogens with zero attached hydrogens (tertiary/aromatic N) is 1. The summed E-state index contributed by atoms with van der Waals surface area (Å²) in [7, 11) is 0. The molecule has 1 atom stereocenters. The van der Waals surface area contributed by atoms with Crippen molar-refractivity contribution in [1.82, 2.24) is 10.2 Å². The zero-order chi connectivity index (χ0) is 19.9. The fraction of sp³-hybridized carbons (Fsp3) is 0.391. The first-order valence-corrected chi connectivity index (χ1v) is 9.97. The number of carbonyl (C=O) groups excluding carboxylic acids is 1. The molecule has 148 valence electrons. The molecular weight excluding hydrogens is 352 g/mol. The van der Waals surface area contributed by atoms with Gasteiger partial charge in [-0.25, -0.2) is 4.79 Å². The number of fused-ring (bicyclic) bond motifs is 1. The second-order valence-electron chi connectivity index (χ2n) is 7.32. The maximum absolute atomic E-state index is 12.3. The molecular formula is C23H28N2O3. The largest absolute Gasteiger partial charge is 0.478 e. The summed E-state index contributed by atoms with van der Waals surface area (Å²) in [6.45, 7) is 4.71. The lowest BCUT2D eigenvalue weighted by Gasteiger charge is -2.35. The van der Waals surface area contributed by atoms with Crippen LogP contribution in [-0.2, 0) is 24.2 Å². The fourth-order valence-corrected chi connectivity index (χ4v) is 3.88. The van der Waals surface area contributed by atoms with Gasteiger partial charge in [-0.1, -0.05) is 49.4 Å². The molecule has 1 heterocycles. The van der Waals surface area contributed by atoms with Crippen LogP contribution in [0.4, 0.5) is 0 Å². The molecule has 2 N–H and O–H groups in total. The Kier molecular flexibility index (Phi) is 6.82. The van der Waals surface area contributed by atoms with Gasteiger partial charge in [0.05, 0.1) is 5.56 Å². The van der Waals surface area contributed by atoms with Gasteiger partial charge in [0.15, 0.2) is 0 Å². The molecule has 5 nitrogen and oxygen atoms in total. The molecule has 28 heavy (non-hydrogen) atoms. The average Bonchev–Trinajstić information content (AvgIpc) is 2.72. The van der Waals surface area contributed by atoms with E-state index in [9.17, 15) is 14.7 Å². The molecule has 5 heteroatoms. The molecule has 1 unspecified atom stereocenters. The van der Waals surface area contributed by atoms with Gasteiger partial charge in [0, 0.05) is 32.1 Å². The van der Waals surface area contributed by atoms with E-state index in [1.807, 2.05) is 0 Å². The summed E-state index contributed by atoms with van der Waals surface area (Å²) in [5.41, 5.74) is 3.78. The maximum Gasteiger partial charge on any atom is 0.335 e. The van der Waals surface area contributed by atoms with Crippen molar-refractivity contribution in [2.24, 2.45) is 0 Å². The Bertz CT molecular complexity index is 834. The smallest absolute Gasteiger partial charge is 0.335 e. The maximum atomic E-state index is 12.3. The van der Waals surface area contributed by atoms with E-state index in [1.54, 1.807) is 24.3 Å². The quantitative estimate of drug-likeness (QED) is 0.737. The molecule has 0 aliphatic carbocycles. The Morgan fingerprint density at radius 2 is 1.82 bits per heavy atom. The molecule has 1 amide bonds. The summed E-state index contributed by atoms with van der Waals surface area (Å²) in [6, 6.07) is 15.7. The van der Waals surface area contributed by atoms with E-state index in [-0.39, 0.29) is 11.5 Å². The number of aryl methyl sites for hydroxylation is 1. The van der Waals surface area contributed by atoms with Crippen molar-refractivity contribution in [3.8, 4) is 0 Å². The second kappa shape index (κ2) is 9.51. The molecule has 0 spiro atoms. The molecule has 1 aliphatic rings. The molecule has 0 saturated carbocycles. The van der Waals surface area contributed by atoms with Crippen molar-refractivity contribution in [2.75, 3.05) is 13.1 Å². The highest BCUT2D eigenvalue weighted by Crippen LogP contribution is 2.21. The first-order valence-electron chi connectivity index (χ1n) is 9.97. The lowest BCUT2D eigenvalue weighted by Crippen LogP contribution is -2.45. The van der Waals surface area contributed by atoms with E-state index in [1.165, 1.54) is 11.1 Å². The molecule has 0 saturated heterocycles. The lowest BCUT2D eigenvalue weighted by atomic mass is 9.98. The summed E-state index contributed by atoms with van der Waals surface area (Å²) in [4.78, 5) is 26.0. The van der Waals surface area contributed by atoms with Crippen molar-refractivity contribution >= 4 is 11.9 Å². The minimum atomic E-state index is -0.951. The van der Waals surface area contributed by atoms with Gasteiger partial charge in [-0.3, -0.25) is 9.69 Å².